The smallest absolute Gasteiger partial charge is 0.410 e. The summed E-state index contributed by atoms with van der Waals surface area (Å²) in [6.45, 7) is 1.98. The fraction of sp³-hybridized carbons (Fsp3) is 0.529. The first kappa shape index (κ1) is 15.8. The molecule has 0 spiro atoms. The topological polar surface area (TPSA) is 67.9 Å². The van der Waals surface area contributed by atoms with Crippen molar-refractivity contribution in [3.05, 3.63) is 30.3 Å². The molecule has 0 aliphatic carbocycles. The van der Waals surface area contributed by atoms with Gasteiger partial charge in [-0.2, -0.15) is 0 Å². The van der Waals surface area contributed by atoms with Crippen LogP contribution in [0.4, 0.5) is 4.79 Å². The fourth-order valence-electron chi connectivity index (χ4n) is 3.01. The van der Waals surface area contributed by atoms with Gasteiger partial charge in [0.1, 0.15) is 11.9 Å². The molecule has 0 saturated carbocycles. The Balaban J connectivity index is 1.42. The summed E-state index contributed by atoms with van der Waals surface area (Å²) in [7, 11) is 0. The summed E-state index contributed by atoms with van der Waals surface area (Å²) >= 11 is 0. The van der Waals surface area contributed by atoms with E-state index in [2.05, 4.69) is 5.32 Å². The Hall–Kier alpha value is -2.08. The van der Waals surface area contributed by atoms with Gasteiger partial charge in [0, 0.05) is 25.7 Å². The van der Waals surface area contributed by atoms with Crippen LogP contribution in [0, 0.1) is 0 Å². The molecular formula is C17H22N2O4. The zero-order valence-electron chi connectivity index (χ0n) is 13.1. The van der Waals surface area contributed by atoms with Crippen LogP contribution >= 0.6 is 0 Å². The number of ether oxygens (including phenoxy) is 2. The molecule has 2 aliphatic rings. The van der Waals surface area contributed by atoms with Crippen molar-refractivity contribution in [3.8, 4) is 5.75 Å². The van der Waals surface area contributed by atoms with Gasteiger partial charge < -0.3 is 19.7 Å². The summed E-state index contributed by atoms with van der Waals surface area (Å²) < 4.78 is 10.7. The van der Waals surface area contributed by atoms with Crippen LogP contribution in [-0.2, 0) is 9.53 Å². The van der Waals surface area contributed by atoms with Gasteiger partial charge in [-0.15, -0.1) is 0 Å². The van der Waals surface area contributed by atoms with Crippen molar-refractivity contribution in [3.63, 3.8) is 0 Å². The standard InChI is InChI=1S/C17H22N2O4/c20-16(15-7-4-12-22-15)19-10-8-13(9-11-19)18-17(21)23-14-5-2-1-3-6-14/h1-3,5-6,13,15H,4,7-12H2,(H,18,21). The lowest BCUT2D eigenvalue weighted by molar-refractivity contribution is -0.142. The molecule has 2 amide bonds. The van der Waals surface area contributed by atoms with Crippen molar-refractivity contribution in [2.75, 3.05) is 19.7 Å². The SMILES string of the molecule is O=C(NC1CCN(C(=O)C2CCCO2)CC1)Oc1ccccc1. The molecule has 6 heteroatoms. The number of nitrogens with zero attached hydrogens (tertiary/aromatic N) is 1. The van der Waals surface area contributed by atoms with E-state index in [9.17, 15) is 9.59 Å². The largest absolute Gasteiger partial charge is 0.412 e. The highest BCUT2D eigenvalue weighted by molar-refractivity contribution is 5.81. The van der Waals surface area contributed by atoms with Crippen molar-refractivity contribution < 1.29 is 19.1 Å². The average molecular weight is 318 g/mol. The first-order chi connectivity index (χ1) is 11.2. The molecule has 6 nitrogen and oxygen atoms in total. The normalized spacial score (nSPS) is 21.9. The van der Waals surface area contributed by atoms with E-state index >= 15 is 0 Å². The molecule has 2 aliphatic heterocycles. The Labute approximate surface area is 135 Å². The van der Waals surface area contributed by atoms with Crippen LogP contribution in [0.5, 0.6) is 5.75 Å². The molecule has 0 radical (unpaired) electrons. The predicted octanol–water partition coefficient (Wildman–Crippen LogP) is 1.94. The van der Waals surface area contributed by atoms with Crippen molar-refractivity contribution in [1.29, 1.82) is 0 Å². The van der Waals surface area contributed by atoms with Gasteiger partial charge in [0.25, 0.3) is 5.91 Å². The molecule has 124 valence electrons. The summed E-state index contributed by atoms with van der Waals surface area (Å²) in [5, 5.41) is 2.87. The van der Waals surface area contributed by atoms with Crippen LogP contribution in [0.15, 0.2) is 30.3 Å². The van der Waals surface area contributed by atoms with Gasteiger partial charge >= 0.3 is 6.09 Å². The molecule has 2 heterocycles. The molecule has 0 aromatic heterocycles. The van der Waals surface area contributed by atoms with Gasteiger partial charge in [0.2, 0.25) is 0 Å². The summed E-state index contributed by atoms with van der Waals surface area (Å²) in [4.78, 5) is 26.0. The minimum absolute atomic E-state index is 0.0414. The number of hydrogen-bond acceptors (Lipinski definition) is 4. The first-order valence-electron chi connectivity index (χ1n) is 8.16. The number of rotatable bonds is 3. The van der Waals surface area contributed by atoms with E-state index in [0.29, 0.717) is 25.4 Å². The highest BCUT2D eigenvalue weighted by Gasteiger charge is 2.31. The molecular weight excluding hydrogens is 296 g/mol. The van der Waals surface area contributed by atoms with Crippen molar-refractivity contribution in [1.82, 2.24) is 10.2 Å². The Kier molecular flexibility index (Phi) is 5.12. The monoisotopic (exact) mass is 318 g/mol. The number of amides is 2. The molecule has 23 heavy (non-hydrogen) atoms. The van der Waals surface area contributed by atoms with Crippen LogP contribution in [0.1, 0.15) is 25.7 Å². The van der Waals surface area contributed by atoms with E-state index in [-0.39, 0.29) is 18.1 Å². The van der Waals surface area contributed by atoms with Crippen molar-refractivity contribution in [2.45, 2.75) is 37.8 Å². The van der Waals surface area contributed by atoms with E-state index in [1.165, 1.54) is 0 Å². The minimum atomic E-state index is -0.444. The lowest BCUT2D eigenvalue weighted by Gasteiger charge is -2.33. The fourth-order valence-corrected chi connectivity index (χ4v) is 3.01. The van der Waals surface area contributed by atoms with Crippen LogP contribution in [0.25, 0.3) is 0 Å². The number of nitrogens with one attached hydrogen (secondary N) is 1. The third kappa shape index (κ3) is 4.22. The summed E-state index contributed by atoms with van der Waals surface area (Å²) in [6.07, 6.45) is 2.55. The Morgan fingerprint density at radius 2 is 1.87 bits per heavy atom. The zero-order valence-corrected chi connectivity index (χ0v) is 13.1. The maximum Gasteiger partial charge on any atom is 0.412 e. The number of benzene rings is 1. The lowest BCUT2D eigenvalue weighted by atomic mass is 10.0. The first-order valence-corrected chi connectivity index (χ1v) is 8.16. The van der Waals surface area contributed by atoms with Crippen molar-refractivity contribution in [2.24, 2.45) is 0 Å². The Morgan fingerprint density at radius 1 is 1.13 bits per heavy atom. The molecule has 3 rings (SSSR count). The summed E-state index contributed by atoms with van der Waals surface area (Å²) in [5.41, 5.74) is 0. The number of likely N-dealkylation sites (tertiary alicyclic amines) is 1. The van der Waals surface area contributed by atoms with Gasteiger partial charge in [0.15, 0.2) is 0 Å². The molecule has 1 N–H and O–H groups in total. The third-order valence-electron chi connectivity index (χ3n) is 4.29. The van der Waals surface area contributed by atoms with Gasteiger partial charge in [-0.25, -0.2) is 4.79 Å². The number of carbonyl (C=O) groups is 2. The van der Waals surface area contributed by atoms with Crippen molar-refractivity contribution >= 4 is 12.0 Å². The van der Waals surface area contributed by atoms with Gasteiger partial charge in [0.05, 0.1) is 0 Å². The molecule has 0 bridgehead atoms. The quantitative estimate of drug-likeness (QED) is 0.925. The van der Waals surface area contributed by atoms with E-state index in [1.807, 2.05) is 23.1 Å². The summed E-state index contributed by atoms with van der Waals surface area (Å²) in [6, 6.07) is 9.02. The van der Waals surface area contributed by atoms with Crippen LogP contribution in [-0.4, -0.2) is 48.7 Å². The summed E-state index contributed by atoms with van der Waals surface area (Å²) in [5.74, 6) is 0.615. The minimum Gasteiger partial charge on any atom is -0.410 e. The average Bonchev–Trinajstić information content (AvgIpc) is 3.10. The van der Waals surface area contributed by atoms with E-state index in [1.54, 1.807) is 12.1 Å². The Morgan fingerprint density at radius 3 is 2.52 bits per heavy atom. The predicted molar refractivity (Wildman–Crippen MR) is 84.2 cm³/mol. The van der Waals surface area contributed by atoms with E-state index in [4.69, 9.17) is 9.47 Å². The zero-order chi connectivity index (χ0) is 16.1. The second-order valence-electron chi connectivity index (χ2n) is 5.95. The second kappa shape index (κ2) is 7.46. The number of piperidine rings is 1. The molecule has 1 aromatic rings. The van der Waals surface area contributed by atoms with Gasteiger partial charge in [-0.05, 0) is 37.8 Å². The Bertz CT molecular complexity index is 535. The maximum absolute atomic E-state index is 12.3. The van der Waals surface area contributed by atoms with Crippen LogP contribution in [0.2, 0.25) is 0 Å². The molecule has 2 fully saturated rings. The molecule has 1 aromatic carbocycles. The lowest BCUT2D eigenvalue weighted by Crippen LogP contribution is -2.49. The number of carbonyl (C=O) groups excluding carboxylic acids is 2. The third-order valence-corrected chi connectivity index (χ3v) is 4.29. The highest BCUT2D eigenvalue weighted by Crippen LogP contribution is 2.18. The maximum atomic E-state index is 12.3. The van der Waals surface area contributed by atoms with Gasteiger partial charge in [-0.1, -0.05) is 18.2 Å². The second-order valence-corrected chi connectivity index (χ2v) is 5.95. The molecule has 1 unspecified atom stereocenters. The van der Waals surface area contributed by atoms with E-state index < -0.39 is 6.09 Å². The van der Waals surface area contributed by atoms with E-state index in [0.717, 1.165) is 25.7 Å². The number of hydrogen-bond donors (Lipinski definition) is 1. The van der Waals surface area contributed by atoms with Gasteiger partial charge in [-0.3, -0.25) is 4.79 Å². The van der Waals surface area contributed by atoms with Crippen LogP contribution in [0.3, 0.4) is 0 Å². The highest BCUT2D eigenvalue weighted by atomic mass is 16.6. The molecule has 2 saturated heterocycles. The number of para-hydroxylation sites is 1. The molecule has 1 atom stereocenters. The van der Waals surface area contributed by atoms with Crippen LogP contribution < -0.4 is 10.1 Å².